The highest BCUT2D eigenvalue weighted by atomic mass is 31.2. The van der Waals surface area contributed by atoms with Crippen LogP contribution in [0.15, 0.2) is 91.0 Å². The van der Waals surface area contributed by atoms with Gasteiger partial charge in [0.25, 0.3) is 0 Å². The minimum atomic E-state index is -2.38. The third-order valence-electron chi connectivity index (χ3n) is 7.45. The molecule has 1 aliphatic carbocycles. The van der Waals surface area contributed by atoms with Crippen molar-refractivity contribution >= 4 is 34.1 Å². The molecular formula is C31H37O2P. The predicted molar refractivity (Wildman–Crippen MR) is 147 cm³/mol. The fourth-order valence-electron chi connectivity index (χ4n) is 5.59. The predicted octanol–water partition coefficient (Wildman–Crippen LogP) is 6.18. The highest BCUT2D eigenvalue weighted by Gasteiger charge is 2.36. The maximum Gasteiger partial charge on any atom is 0.335 e. The lowest BCUT2D eigenvalue weighted by Gasteiger charge is -2.37. The molecule has 3 atom stereocenters. The van der Waals surface area contributed by atoms with E-state index >= 15 is 0 Å². The zero-order valence-corrected chi connectivity index (χ0v) is 21.7. The Balaban J connectivity index is 1.92. The van der Waals surface area contributed by atoms with Crippen LogP contribution in [0.4, 0.5) is 0 Å². The summed E-state index contributed by atoms with van der Waals surface area (Å²) in [6, 6.07) is 31.6. The number of hydrogen-bond donors (Lipinski definition) is 0. The molecule has 3 aromatic carbocycles. The maximum atomic E-state index is 14.0. The van der Waals surface area contributed by atoms with Crippen molar-refractivity contribution in [2.75, 3.05) is 0 Å². The lowest BCUT2D eigenvalue weighted by molar-refractivity contribution is -0.147. The van der Waals surface area contributed by atoms with Gasteiger partial charge in [0.2, 0.25) is 0 Å². The van der Waals surface area contributed by atoms with E-state index in [9.17, 15) is 4.79 Å². The van der Waals surface area contributed by atoms with E-state index in [0.29, 0.717) is 17.8 Å². The normalized spacial score (nSPS) is 20.7. The summed E-state index contributed by atoms with van der Waals surface area (Å²) in [7, 11) is 0. The minimum absolute atomic E-state index is 0.0181. The fraction of sp³-hybridized carbons (Fsp3) is 0.355. The van der Waals surface area contributed by atoms with Crippen molar-refractivity contribution in [3.05, 3.63) is 91.0 Å². The van der Waals surface area contributed by atoms with E-state index in [4.69, 9.17) is 4.74 Å². The molecule has 4 rings (SSSR count). The summed E-state index contributed by atoms with van der Waals surface area (Å²) in [5, 5.41) is 4.36. The molecule has 34 heavy (non-hydrogen) atoms. The number of hydrogen-bond acceptors (Lipinski definition) is 2. The molecule has 0 aromatic heterocycles. The summed E-state index contributed by atoms with van der Waals surface area (Å²) >= 11 is 0. The van der Waals surface area contributed by atoms with Crippen LogP contribution in [0, 0.1) is 17.8 Å². The molecule has 0 aliphatic heterocycles. The fourth-order valence-corrected chi connectivity index (χ4v) is 9.83. The van der Waals surface area contributed by atoms with Crippen LogP contribution in [0.3, 0.4) is 0 Å². The highest BCUT2D eigenvalue weighted by Crippen LogP contribution is 2.46. The monoisotopic (exact) mass is 472 g/mol. The van der Waals surface area contributed by atoms with Gasteiger partial charge in [-0.15, -0.1) is 0 Å². The molecule has 0 amide bonds. The van der Waals surface area contributed by atoms with Gasteiger partial charge in [-0.1, -0.05) is 118 Å². The Labute approximate surface area is 205 Å². The smallest absolute Gasteiger partial charge is 0.335 e. The van der Waals surface area contributed by atoms with Crippen LogP contribution >= 0.6 is 6.89 Å². The van der Waals surface area contributed by atoms with Crippen LogP contribution in [0.2, 0.25) is 0 Å². The molecule has 0 unspecified atom stereocenters. The third kappa shape index (κ3) is 4.80. The van der Waals surface area contributed by atoms with Crippen molar-refractivity contribution in [3.8, 4) is 0 Å². The maximum absolute atomic E-state index is 14.0. The van der Waals surface area contributed by atoms with Crippen LogP contribution in [0.25, 0.3) is 0 Å². The highest BCUT2D eigenvalue weighted by molar-refractivity contribution is 7.96. The van der Waals surface area contributed by atoms with E-state index in [-0.39, 0.29) is 12.1 Å². The zero-order valence-electron chi connectivity index (χ0n) is 20.9. The van der Waals surface area contributed by atoms with Gasteiger partial charge < -0.3 is 4.74 Å². The molecule has 178 valence electrons. The Morgan fingerprint density at radius 3 is 1.65 bits per heavy atom. The number of rotatable bonds is 6. The largest absolute Gasteiger partial charge is 0.459 e. The SMILES string of the molecule is CC(C(=O)O[C@@H]1C[C@H](C)CC[C@H]1C(C)C)=P(c1ccccc1)(c1ccccc1)c1ccccc1. The van der Waals surface area contributed by atoms with Crippen LogP contribution < -0.4 is 15.9 Å². The van der Waals surface area contributed by atoms with Crippen LogP contribution in [0.5, 0.6) is 0 Å². The van der Waals surface area contributed by atoms with Crippen molar-refractivity contribution in [1.82, 2.24) is 0 Å². The molecule has 0 heterocycles. The second-order valence-corrected chi connectivity index (χ2v) is 13.6. The molecule has 3 aromatic rings. The van der Waals surface area contributed by atoms with Crippen LogP contribution in [-0.4, -0.2) is 17.4 Å². The lowest BCUT2D eigenvalue weighted by atomic mass is 9.75. The second kappa shape index (κ2) is 10.8. The average molecular weight is 473 g/mol. The Morgan fingerprint density at radius 1 is 0.794 bits per heavy atom. The van der Waals surface area contributed by atoms with Crippen molar-refractivity contribution in [1.29, 1.82) is 0 Å². The molecule has 1 saturated carbocycles. The number of benzene rings is 3. The van der Waals surface area contributed by atoms with Gasteiger partial charge >= 0.3 is 5.97 Å². The van der Waals surface area contributed by atoms with Crippen molar-refractivity contribution in [3.63, 3.8) is 0 Å². The number of carbonyl (C=O) groups is 1. The van der Waals surface area contributed by atoms with Gasteiger partial charge in [0, 0.05) is 5.29 Å². The van der Waals surface area contributed by atoms with E-state index in [0.717, 1.165) is 18.1 Å². The topological polar surface area (TPSA) is 26.3 Å². The van der Waals surface area contributed by atoms with Crippen LogP contribution in [0.1, 0.15) is 47.0 Å². The zero-order chi connectivity index (χ0) is 24.1. The summed E-state index contributed by atoms with van der Waals surface area (Å²) in [6.07, 6.45) is 3.28. The van der Waals surface area contributed by atoms with Gasteiger partial charge in [0.05, 0.1) is 0 Å². The van der Waals surface area contributed by atoms with E-state index < -0.39 is 6.89 Å². The summed E-state index contributed by atoms with van der Waals surface area (Å²) in [6.45, 7) is 6.42. The number of ether oxygens (including phenoxy) is 1. The van der Waals surface area contributed by atoms with Gasteiger partial charge in [-0.2, -0.15) is 0 Å². The van der Waals surface area contributed by atoms with Crippen molar-refractivity contribution in [2.24, 2.45) is 17.8 Å². The molecule has 3 heteroatoms. The van der Waals surface area contributed by atoms with E-state index in [2.05, 4.69) is 93.6 Å². The summed E-state index contributed by atoms with van der Waals surface area (Å²) in [5.41, 5.74) is 0. The Kier molecular flexibility index (Phi) is 7.79. The molecule has 1 aliphatic rings. The second-order valence-electron chi connectivity index (χ2n) is 10.0. The van der Waals surface area contributed by atoms with Gasteiger partial charge in [0.1, 0.15) is 6.10 Å². The van der Waals surface area contributed by atoms with Crippen molar-refractivity contribution < 1.29 is 9.53 Å². The Hall–Kier alpha value is -2.57. The molecule has 2 nitrogen and oxygen atoms in total. The first kappa shape index (κ1) is 24.6. The molecule has 0 saturated heterocycles. The van der Waals surface area contributed by atoms with Crippen molar-refractivity contribution in [2.45, 2.75) is 53.1 Å². The minimum Gasteiger partial charge on any atom is -0.459 e. The van der Waals surface area contributed by atoms with E-state index in [1.165, 1.54) is 22.3 Å². The molecule has 0 radical (unpaired) electrons. The van der Waals surface area contributed by atoms with Gasteiger partial charge in [0.15, 0.2) is 0 Å². The number of carbonyl (C=O) groups excluding carboxylic acids is 1. The quantitative estimate of drug-likeness (QED) is 0.316. The first-order valence-electron chi connectivity index (χ1n) is 12.6. The van der Waals surface area contributed by atoms with Gasteiger partial charge in [-0.05, 0) is 60.3 Å². The van der Waals surface area contributed by atoms with E-state index in [1.807, 2.05) is 25.1 Å². The first-order valence-corrected chi connectivity index (χ1v) is 14.3. The Bertz CT molecular complexity index is 1030. The number of esters is 1. The molecule has 0 spiro atoms. The molecule has 0 bridgehead atoms. The molecule has 1 fully saturated rings. The average Bonchev–Trinajstić information content (AvgIpc) is 2.86. The van der Waals surface area contributed by atoms with Crippen LogP contribution in [-0.2, 0) is 9.53 Å². The summed E-state index contributed by atoms with van der Waals surface area (Å²) in [5.74, 6) is 1.37. The van der Waals surface area contributed by atoms with E-state index in [1.54, 1.807) is 0 Å². The third-order valence-corrected chi connectivity index (χ3v) is 11.9. The summed E-state index contributed by atoms with van der Waals surface area (Å²) < 4.78 is 6.42. The summed E-state index contributed by atoms with van der Waals surface area (Å²) in [4.78, 5) is 14.0. The first-order chi connectivity index (χ1) is 16.4. The molecule has 0 N–H and O–H groups in total. The van der Waals surface area contributed by atoms with Gasteiger partial charge in [-0.25, -0.2) is 4.79 Å². The standard InChI is InChI=1S/C31H37O2P/c1-23(2)29-21-20-24(3)22-30(29)33-31(32)25(4)34(26-14-8-5-9-15-26,27-16-10-6-11-17-27)28-18-12-7-13-19-28/h5-19,23-24,29-30H,20-22H2,1-4H3/t24-,29+,30-/m1/s1. The molecular weight excluding hydrogens is 435 g/mol. The lowest BCUT2D eigenvalue weighted by Crippen LogP contribution is -2.39. The Morgan fingerprint density at radius 2 is 1.24 bits per heavy atom. The van der Waals surface area contributed by atoms with Gasteiger partial charge in [-0.3, -0.25) is 0 Å².